The van der Waals surface area contributed by atoms with Crippen LogP contribution in [0.15, 0.2) is 41.2 Å². The van der Waals surface area contributed by atoms with Crippen molar-refractivity contribution in [1.82, 2.24) is 10.3 Å². The zero-order chi connectivity index (χ0) is 17.9. The molecule has 1 aromatic heterocycles. The molecule has 2 aromatic rings. The number of hydrogen-bond acceptors (Lipinski definition) is 3. The Hall–Kier alpha value is -3.10. The van der Waals surface area contributed by atoms with Crippen LogP contribution in [0.5, 0.6) is 0 Å². The molecule has 0 radical (unpaired) electrons. The van der Waals surface area contributed by atoms with Gasteiger partial charge in [0.05, 0.1) is 0 Å². The highest BCUT2D eigenvalue weighted by Crippen LogP contribution is 2.26. The molecule has 0 saturated carbocycles. The van der Waals surface area contributed by atoms with E-state index in [2.05, 4.69) is 10.6 Å². The molecule has 24 heavy (non-hydrogen) atoms. The number of anilines is 1. The third-order valence-corrected chi connectivity index (χ3v) is 3.09. The normalized spacial score (nSPS) is 11.0. The van der Waals surface area contributed by atoms with E-state index in [0.717, 1.165) is 6.07 Å². The second-order valence-corrected chi connectivity index (χ2v) is 4.72. The number of aromatic amines is 1. The van der Waals surface area contributed by atoms with E-state index in [1.54, 1.807) is 4.98 Å². The minimum atomic E-state index is -4.70. The van der Waals surface area contributed by atoms with Gasteiger partial charge in [0.15, 0.2) is 0 Å². The SMILES string of the molecule is CNC(=O)c1ccc(NC(=O)c2ccc(C(F)(F)F)[nH]c2=O)cc1. The fourth-order valence-electron chi connectivity index (χ4n) is 1.87. The van der Waals surface area contributed by atoms with Crippen molar-refractivity contribution in [3.8, 4) is 0 Å². The Balaban J connectivity index is 2.18. The molecule has 0 aliphatic carbocycles. The summed E-state index contributed by atoms with van der Waals surface area (Å²) in [4.78, 5) is 36.6. The number of alkyl halides is 3. The fraction of sp³-hybridized carbons (Fsp3) is 0.133. The highest BCUT2D eigenvalue weighted by Gasteiger charge is 2.32. The lowest BCUT2D eigenvalue weighted by atomic mass is 10.2. The van der Waals surface area contributed by atoms with Crippen LogP contribution in [-0.2, 0) is 6.18 Å². The van der Waals surface area contributed by atoms with Crippen LogP contribution in [0.25, 0.3) is 0 Å². The van der Waals surface area contributed by atoms with Gasteiger partial charge in [0.25, 0.3) is 17.4 Å². The molecule has 2 amide bonds. The Bertz CT molecular complexity index is 826. The summed E-state index contributed by atoms with van der Waals surface area (Å²) in [5, 5.41) is 4.80. The van der Waals surface area contributed by atoms with Crippen LogP contribution in [-0.4, -0.2) is 23.8 Å². The van der Waals surface area contributed by atoms with Crippen LogP contribution < -0.4 is 16.2 Å². The van der Waals surface area contributed by atoms with Crippen LogP contribution in [0.1, 0.15) is 26.4 Å². The molecule has 1 heterocycles. The Morgan fingerprint density at radius 2 is 1.62 bits per heavy atom. The van der Waals surface area contributed by atoms with Crippen molar-refractivity contribution < 1.29 is 22.8 Å². The van der Waals surface area contributed by atoms with Gasteiger partial charge in [0.1, 0.15) is 11.3 Å². The van der Waals surface area contributed by atoms with E-state index in [-0.39, 0.29) is 11.6 Å². The largest absolute Gasteiger partial charge is 0.431 e. The second kappa shape index (κ2) is 6.57. The second-order valence-electron chi connectivity index (χ2n) is 4.72. The van der Waals surface area contributed by atoms with Gasteiger partial charge in [-0.2, -0.15) is 13.2 Å². The van der Waals surface area contributed by atoms with Gasteiger partial charge >= 0.3 is 6.18 Å². The number of carbonyl (C=O) groups is 2. The lowest BCUT2D eigenvalue weighted by molar-refractivity contribution is -0.141. The van der Waals surface area contributed by atoms with Gasteiger partial charge in [0, 0.05) is 18.3 Å². The summed E-state index contributed by atoms with van der Waals surface area (Å²) in [6, 6.07) is 7.18. The average Bonchev–Trinajstić information content (AvgIpc) is 2.53. The number of carbonyl (C=O) groups excluding carboxylic acids is 2. The van der Waals surface area contributed by atoms with Crippen LogP contribution in [0.3, 0.4) is 0 Å². The van der Waals surface area contributed by atoms with Crippen molar-refractivity contribution in [2.75, 3.05) is 12.4 Å². The molecule has 0 aliphatic rings. The number of aromatic nitrogens is 1. The number of benzene rings is 1. The summed E-state index contributed by atoms with van der Waals surface area (Å²) in [6.45, 7) is 0. The van der Waals surface area contributed by atoms with Gasteiger partial charge in [-0.1, -0.05) is 0 Å². The maximum Gasteiger partial charge on any atom is 0.431 e. The van der Waals surface area contributed by atoms with E-state index in [1.165, 1.54) is 31.3 Å². The predicted molar refractivity (Wildman–Crippen MR) is 79.9 cm³/mol. The van der Waals surface area contributed by atoms with Gasteiger partial charge in [-0.05, 0) is 36.4 Å². The van der Waals surface area contributed by atoms with E-state index in [9.17, 15) is 27.6 Å². The predicted octanol–water partition coefficient (Wildman–Crippen LogP) is 2.01. The number of hydrogen-bond donors (Lipinski definition) is 3. The zero-order valence-electron chi connectivity index (χ0n) is 12.3. The van der Waals surface area contributed by atoms with Crippen molar-refractivity contribution in [1.29, 1.82) is 0 Å². The van der Waals surface area contributed by atoms with Crippen molar-refractivity contribution in [2.24, 2.45) is 0 Å². The van der Waals surface area contributed by atoms with Crippen molar-refractivity contribution in [3.63, 3.8) is 0 Å². The average molecular weight is 339 g/mol. The summed E-state index contributed by atoms with van der Waals surface area (Å²) in [5.41, 5.74) is -2.20. The third-order valence-electron chi connectivity index (χ3n) is 3.09. The van der Waals surface area contributed by atoms with Gasteiger partial charge in [-0.15, -0.1) is 0 Å². The Labute approximate surface area is 133 Å². The third kappa shape index (κ3) is 3.80. The molecule has 2 rings (SSSR count). The summed E-state index contributed by atoms with van der Waals surface area (Å²) < 4.78 is 37.4. The number of pyridine rings is 1. The van der Waals surface area contributed by atoms with Gasteiger partial charge in [-0.25, -0.2) is 0 Å². The molecule has 0 unspecified atom stereocenters. The quantitative estimate of drug-likeness (QED) is 0.799. The molecule has 0 aliphatic heterocycles. The number of H-pyrrole nitrogens is 1. The van der Waals surface area contributed by atoms with E-state index < -0.39 is 28.9 Å². The van der Waals surface area contributed by atoms with E-state index >= 15 is 0 Å². The standard InChI is InChI=1S/C15H12F3N3O3/c1-19-12(22)8-2-4-9(5-3-8)20-13(23)10-6-7-11(15(16,17)18)21-14(10)24/h2-7H,1H3,(H,19,22)(H,20,23)(H,21,24). The minimum absolute atomic E-state index is 0.284. The Morgan fingerprint density at radius 1 is 1.00 bits per heavy atom. The van der Waals surface area contributed by atoms with E-state index in [4.69, 9.17) is 0 Å². The van der Waals surface area contributed by atoms with Crippen LogP contribution in [0.2, 0.25) is 0 Å². The molecule has 0 bridgehead atoms. The molecule has 126 valence electrons. The molecule has 6 nitrogen and oxygen atoms in total. The molecule has 0 saturated heterocycles. The summed E-state index contributed by atoms with van der Waals surface area (Å²) in [6.07, 6.45) is -4.70. The Morgan fingerprint density at radius 3 is 2.12 bits per heavy atom. The zero-order valence-corrected chi connectivity index (χ0v) is 12.3. The molecular weight excluding hydrogens is 327 g/mol. The first-order chi connectivity index (χ1) is 11.2. The van der Waals surface area contributed by atoms with Gasteiger partial charge < -0.3 is 15.6 Å². The lowest BCUT2D eigenvalue weighted by Crippen LogP contribution is -2.25. The van der Waals surface area contributed by atoms with Gasteiger partial charge in [-0.3, -0.25) is 14.4 Å². The number of nitrogens with one attached hydrogen (secondary N) is 3. The smallest absolute Gasteiger partial charge is 0.355 e. The van der Waals surface area contributed by atoms with Crippen LogP contribution in [0, 0.1) is 0 Å². The number of amides is 2. The van der Waals surface area contributed by atoms with Crippen LogP contribution in [0.4, 0.5) is 18.9 Å². The molecular formula is C15H12F3N3O3. The molecule has 0 atom stereocenters. The molecule has 3 N–H and O–H groups in total. The first-order valence-corrected chi connectivity index (χ1v) is 6.66. The highest BCUT2D eigenvalue weighted by molar-refractivity contribution is 6.04. The van der Waals surface area contributed by atoms with Gasteiger partial charge in [0.2, 0.25) is 0 Å². The van der Waals surface area contributed by atoms with Crippen LogP contribution >= 0.6 is 0 Å². The first kappa shape index (κ1) is 17.3. The molecule has 0 spiro atoms. The monoisotopic (exact) mass is 339 g/mol. The molecule has 9 heteroatoms. The summed E-state index contributed by atoms with van der Waals surface area (Å²) >= 11 is 0. The van der Waals surface area contributed by atoms with E-state index in [0.29, 0.717) is 11.6 Å². The maximum atomic E-state index is 12.5. The summed E-state index contributed by atoms with van der Waals surface area (Å²) in [5.74, 6) is -1.18. The van der Waals surface area contributed by atoms with Crippen molar-refractivity contribution in [2.45, 2.75) is 6.18 Å². The maximum absolute atomic E-state index is 12.5. The number of rotatable bonds is 3. The minimum Gasteiger partial charge on any atom is -0.355 e. The summed E-state index contributed by atoms with van der Waals surface area (Å²) in [7, 11) is 1.47. The number of halogens is 3. The first-order valence-electron chi connectivity index (χ1n) is 6.66. The highest BCUT2D eigenvalue weighted by atomic mass is 19.4. The molecule has 0 fully saturated rings. The topological polar surface area (TPSA) is 91.1 Å². The van der Waals surface area contributed by atoms with Crippen molar-refractivity contribution in [3.05, 3.63) is 63.6 Å². The van der Waals surface area contributed by atoms with E-state index in [1.807, 2.05) is 0 Å². The molecule has 1 aromatic carbocycles. The van der Waals surface area contributed by atoms with Crippen molar-refractivity contribution >= 4 is 17.5 Å². The fourth-order valence-corrected chi connectivity index (χ4v) is 1.87. The Kier molecular flexibility index (Phi) is 4.72. The lowest BCUT2D eigenvalue weighted by Gasteiger charge is -2.08.